The van der Waals surface area contributed by atoms with Gasteiger partial charge in [0.15, 0.2) is 0 Å². The van der Waals surface area contributed by atoms with Crippen molar-refractivity contribution in [3.63, 3.8) is 0 Å². The van der Waals surface area contributed by atoms with Gasteiger partial charge in [-0.15, -0.1) is 0 Å². The molecular weight excluding hydrogens is 524 g/mol. The van der Waals surface area contributed by atoms with Crippen LogP contribution in [0.25, 0.3) is 0 Å². The van der Waals surface area contributed by atoms with E-state index in [1.807, 2.05) is 59.5 Å². The Morgan fingerprint density at radius 1 is 0.950 bits per heavy atom. The summed E-state index contributed by atoms with van der Waals surface area (Å²) in [5.41, 5.74) is 12.9. The first-order valence-electron chi connectivity index (χ1n) is 13.9. The highest BCUT2D eigenvalue weighted by Gasteiger charge is 2.32. The van der Waals surface area contributed by atoms with E-state index >= 15 is 0 Å². The summed E-state index contributed by atoms with van der Waals surface area (Å²) >= 11 is 6.09. The van der Waals surface area contributed by atoms with Crippen LogP contribution < -0.4 is 26.6 Å². The number of piperazine rings is 1. The molecule has 9 heteroatoms. The lowest BCUT2D eigenvalue weighted by Crippen LogP contribution is -2.58. The van der Waals surface area contributed by atoms with E-state index < -0.39 is 6.04 Å². The lowest BCUT2D eigenvalue weighted by molar-refractivity contribution is -0.137. The number of fused-ring (bicyclic) bond motifs is 1. The second-order valence-electron chi connectivity index (χ2n) is 10.3. The van der Waals surface area contributed by atoms with Gasteiger partial charge in [0.05, 0.1) is 17.4 Å². The quantitative estimate of drug-likeness (QED) is 0.374. The van der Waals surface area contributed by atoms with Crippen LogP contribution in [0.4, 0.5) is 11.4 Å². The van der Waals surface area contributed by atoms with E-state index in [-0.39, 0.29) is 17.9 Å². The van der Waals surface area contributed by atoms with E-state index in [9.17, 15) is 9.59 Å². The van der Waals surface area contributed by atoms with Crippen LogP contribution in [0.1, 0.15) is 16.7 Å². The maximum absolute atomic E-state index is 13.9. The summed E-state index contributed by atoms with van der Waals surface area (Å²) in [4.78, 5) is 31.4. The lowest BCUT2D eigenvalue weighted by atomic mass is 9.95. The average Bonchev–Trinajstić information content (AvgIpc) is 3.00. The van der Waals surface area contributed by atoms with Crippen LogP contribution in [0.5, 0.6) is 0 Å². The minimum absolute atomic E-state index is 0.0697. The Hall–Kier alpha value is -3.59. The number of rotatable bonds is 9. The molecule has 2 atom stereocenters. The van der Waals surface area contributed by atoms with E-state index in [0.29, 0.717) is 63.7 Å². The molecule has 1 saturated heterocycles. The molecule has 2 amide bonds. The minimum atomic E-state index is -0.676. The Morgan fingerprint density at radius 3 is 2.40 bits per heavy atom. The highest BCUT2D eigenvalue weighted by molar-refractivity contribution is 6.30. The van der Waals surface area contributed by atoms with Crippen molar-refractivity contribution in [2.75, 3.05) is 49.5 Å². The zero-order valence-corrected chi connectivity index (χ0v) is 23.3. The number of para-hydroxylation sites is 2. The van der Waals surface area contributed by atoms with Gasteiger partial charge in [0.25, 0.3) is 0 Å². The van der Waals surface area contributed by atoms with Crippen molar-refractivity contribution in [3.05, 3.63) is 94.5 Å². The van der Waals surface area contributed by atoms with Gasteiger partial charge in [-0.05, 0) is 47.4 Å². The van der Waals surface area contributed by atoms with Gasteiger partial charge in [-0.25, -0.2) is 0 Å². The number of hydrogen-bond acceptors (Lipinski definition) is 5. The average molecular weight is 560 g/mol. The molecule has 2 aliphatic rings. The first-order valence-corrected chi connectivity index (χ1v) is 14.3. The van der Waals surface area contributed by atoms with E-state index in [1.54, 1.807) is 0 Å². The summed E-state index contributed by atoms with van der Waals surface area (Å²) < 4.78 is 0. The van der Waals surface area contributed by atoms with Crippen LogP contribution in [0.3, 0.4) is 0 Å². The molecule has 2 heterocycles. The summed E-state index contributed by atoms with van der Waals surface area (Å²) in [6.45, 7) is 4.02. The molecule has 0 saturated carbocycles. The molecule has 1 fully saturated rings. The summed E-state index contributed by atoms with van der Waals surface area (Å²) in [6, 6.07) is 22.6. The number of hydrogen-bond donors (Lipinski definition) is 3. The molecule has 40 heavy (non-hydrogen) atoms. The smallest absolute Gasteiger partial charge is 0.245 e. The fourth-order valence-electron chi connectivity index (χ4n) is 5.45. The topological polar surface area (TPSA) is 101 Å². The fourth-order valence-corrected chi connectivity index (χ4v) is 5.58. The first kappa shape index (κ1) is 28.0. The van der Waals surface area contributed by atoms with Gasteiger partial charge >= 0.3 is 0 Å². The molecule has 0 aliphatic carbocycles. The second kappa shape index (κ2) is 13.2. The number of carbonyl (C=O) groups excluding carboxylic acids is 2. The molecule has 1 radical (unpaired) electrons. The van der Waals surface area contributed by atoms with Gasteiger partial charge in [0.1, 0.15) is 6.04 Å². The molecule has 4 N–H and O–H groups in total. The third kappa shape index (κ3) is 6.75. The number of anilines is 2. The van der Waals surface area contributed by atoms with Gasteiger partial charge in [-0.3, -0.25) is 15.3 Å². The maximum Gasteiger partial charge on any atom is 0.245 e. The van der Waals surface area contributed by atoms with Crippen LogP contribution in [0.15, 0.2) is 72.8 Å². The molecule has 3 aromatic carbocycles. The Kier molecular flexibility index (Phi) is 9.21. The van der Waals surface area contributed by atoms with E-state index in [1.165, 1.54) is 5.56 Å². The number of benzene rings is 3. The van der Waals surface area contributed by atoms with Gasteiger partial charge in [-0.2, -0.15) is 0 Å². The Labute approximate surface area is 240 Å². The zero-order valence-electron chi connectivity index (χ0n) is 22.5. The molecule has 0 bridgehead atoms. The zero-order chi connectivity index (χ0) is 27.9. The van der Waals surface area contributed by atoms with Crippen molar-refractivity contribution < 1.29 is 9.59 Å². The number of nitrogens with zero attached hydrogens (tertiary/aromatic N) is 2. The molecule has 3 aromatic rings. The van der Waals surface area contributed by atoms with Gasteiger partial charge in [0, 0.05) is 57.3 Å². The molecule has 2 aliphatic heterocycles. The standard InChI is InChI=1S/C31H36ClN6O2/c32-25-11-9-22(10-12-25)19-28(36-30(39)27-20-23-5-1-2-6-24(23)21-35-27)31(40)38-17-15-37(16-18-38)29-8-4-3-7-26(29)34-14-13-33/h1-12,27-28,33-35H,13-21H2,(H,36,39)/t27-,28+/m0/s1. The van der Waals surface area contributed by atoms with Gasteiger partial charge < -0.3 is 25.8 Å². The van der Waals surface area contributed by atoms with Gasteiger partial charge in [0.2, 0.25) is 11.8 Å². The van der Waals surface area contributed by atoms with Crippen LogP contribution in [0.2, 0.25) is 5.02 Å². The number of amides is 2. The van der Waals surface area contributed by atoms with Crippen molar-refractivity contribution in [1.29, 1.82) is 0 Å². The predicted octanol–water partition coefficient (Wildman–Crippen LogP) is 3.13. The Balaban J connectivity index is 1.27. The third-order valence-electron chi connectivity index (χ3n) is 7.64. The van der Waals surface area contributed by atoms with Crippen LogP contribution in [-0.2, 0) is 29.0 Å². The highest BCUT2D eigenvalue weighted by Crippen LogP contribution is 2.27. The lowest BCUT2D eigenvalue weighted by Gasteiger charge is -2.38. The van der Waals surface area contributed by atoms with Crippen molar-refractivity contribution in [3.8, 4) is 0 Å². The highest BCUT2D eigenvalue weighted by atomic mass is 35.5. The molecular formula is C31H36ClN6O2. The van der Waals surface area contributed by atoms with Crippen molar-refractivity contribution in [2.45, 2.75) is 31.5 Å². The monoisotopic (exact) mass is 559 g/mol. The number of halogens is 1. The Morgan fingerprint density at radius 2 is 1.65 bits per heavy atom. The normalized spacial score (nSPS) is 17.6. The second-order valence-corrected chi connectivity index (χ2v) is 10.7. The summed E-state index contributed by atoms with van der Waals surface area (Å²) in [5, 5.41) is 10.4. The molecule has 0 spiro atoms. The van der Waals surface area contributed by atoms with Crippen LogP contribution >= 0.6 is 11.6 Å². The molecule has 209 valence electrons. The molecule has 0 aromatic heterocycles. The van der Waals surface area contributed by atoms with E-state index in [0.717, 1.165) is 22.5 Å². The summed E-state index contributed by atoms with van der Waals surface area (Å²) in [5.74, 6) is -0.227. The summed E-state index contributed by atoms with van der Waals surface area (Å²) in [7, 11) is 0. The SMILES string of the molecule is [NH]CCNc1ccccc1N1CCN(C(=O)[C@@H](Cc2ccc(Cl)cc2)NC(=O)[C@@H]2Cc3ccccc3CN2)CC1. The molecule has 5 rings (SSSR count). The van der Waals surface area contributed by atoms with Crippen molar-refractivity contribution in [2.24, 2.45) is 0 Å². The minimum Gasteiger partial charge on any atom is -0.382 e. The third-order valence-corrected chi connectivity index (χ3v) is 7.89. The molecule has 8 nitrogen and oxygen atoms in total. The fraction of sp³-hybridized carbons (Fsp3) is 0.355. The predicted molar refractivity (Wildman–Crippen MR) is 160 cm³/mol. The number of carbonyl (C=O) groups is 2. The number of nitrogens with one attached hydrogen (secondary N) is 4. The summed E-state index contributed by atoms with van der Waals surface area (Å²) in [6.07, 6.45) is 0.987. The van der Waals surface area contributed by atoms with E-state index in [2.05, 4.69) is 39.0 Å². The maximum atomic E-state index is 13.9. The molecule has 0 unspecified atom stereocenters. The van der Waals surface area contributed by atoms with E-state index in [4.69, 9.17) is 17.3 Å². The first-order chi connectivity index (χ1) is 19.5. The largest absolute Gasteiger partial charge is 0.382 e. The Bertz CT molecular complexity index is 1310. The van der Waals surface area contributed by atoms with Crippen LogP contribution in [-0.4, -0.2) is 68.1 Å². The van der Waals surface area contributed by atoms with Crippen LogP contribution in [0, 0.1) is 0 Å². The van der Waals surface area contributed by atoms with Gasteiger partial charge in [-0.1, -0.05) is 60.1 Å². The van der Waals surface area contributed by atoms with Crippen molar-refractivity contribution >= 4 is 34.8 Å². The van der Waals surface area contributed by atoms with Crippen molar-refractivity contribution in [1.82, 2.24) is 21.3 Å².